The lowest BCUT2D eigenvalue weighted by Crippen LogP contribution is -2.03. The average Bonchev–Trinajstić information content (AvgIpc) is 2.84. The molecule has 0 spiro atoms. The molecule has 20 heavy (non-hydrogen) atoms. The molecular weight excluding hydrogens is 356 g/mol. The van der Waals surface area contributed by atoms with Gasteiger partial charge in [-0.3, -0.25) is 0 Å². The van der Waals surface area contributed by atoms with Crippen LogP contribution in [-0.4, -0.2) is 4.98 Å². The molecule has 0 unspecified atom stereocenters. The lowest BCUT2D eigenvalue weighted by atomic mass is 9.90. The second-order valence-electron chi connectivity index (χ2n) is 5.22. The van der Waals surface area contributed by atoms with E-state index in [2.05, 4.69) is 15.9 Å². The van der Waals surface area contributed by atoms with E-state index >= 15 is 0 Å². The van der Waals surface area contributed by atoms with Gasteiger partial charge in [-0.15, -0.1) is 11.3 Å². The van der Waals surface area contributed by atoms with Crippen molar-refractivity contribution in [3.05, 3.63) is 32.7 Å². The van der Waals surface area contributed by atoms with Gasteiger partial charge in [-0.2, -0.15) is 0 Å². The number of halogens is 2. The highest BCUT2D eigenvalue weighted by Gasteiger charge is 2.22. The highest BCUT2D eigenvalue weighted by atomic mass is 79.9. The van der Waals surface area contributed by atoms with Gasteiger partial charge in [0.1, 0.15) is 10.7 Å². The van der Waals surface area contributed by atoms with Gasteiger partial charge in [-0.05, 0) is 31.0 Å². The van der Waals surface area contributed by atoms with Crippen molar-refractivity contribution >= 4 is 43.9 Å². The van der Waals surface area contributed by atoms with Crippen LogP contribution in [0.2, 0.25) is 5.02 Å². The van der Waals surface area contributed by atoms with E-state index in [1.54, 1.807) is 11.3 Å². The van der Waals surface area contributed by atoms with Crippen molar-refractivity contribution in [2.24, 2.45) is 0 Å². The molecule has 3 rings (SSSR count). The maximum Gasteiger partial charge on any atom is 0.114 e. The Balaban J connectivity index is 1.98. The Kier molecular flexibility index (Phi) is 4.34. The summed E-state index contributed by atoms with van der Waals surface area (Å²) in [4.78, 5) is 4.79. The largest absolute Gasteiger partial charge is 0.389 e. The minimum atomic E-state index is 0.579. The smallest absolute Gasteiger partial charge is 0.114 e. The number of thiazole rings is 1. The Morgan fingerprint density at radius 2 is 2.00 bits per heavy atom. The zero-order valence-corrected chi connectivity index (χ0v) is 14.2. The molecule has 0 amide bonds. The second kappa shape index (κ2) is 6.04. The third-order valence-corrected chi connectivity index (χ3v) is 5.68. The first kappa shape index (κ1) is 14.4. The maximum atomic E-state index is 6.29. The van der Waals surface area contributed by atoms with Gasteiger partial charge >= 0.3 is 0 Å². The van der Waals surface area contributed by atoms with E-state index in [1.807, 2.05) is 18.2 Å². The molecule has 1 aromatic carbocycles. The van der Waals surface area contributed by atoms with Crippen LogP contribution >= 0.6 is 38.9 Å². The fraction of sp³-hybridized carbons (Fsp3) is 0.400. The Morgan fingerprint density at radius 1 is 1.25 bits per heavy atom. The number of aromatic nitrogens is 1. The fourth-order valence-corrected chi connectivity index (χ4v) is 4.33. The maximum absolute atomic E-state index is 6.29. The molecular formula is C15H16BrClN2S. The van der Waals surface area contributed by atoms with Crippen molar-refractivity contribution in [1.29, 1.82) is 0 Å². The SMILES string of the molecule is Nc1sc(C2CCCCC2)nc1-c1cc(Br)ccc1Cl. The van der Waals surface area contributed by atoms with Gasteiger partial charge in [0.05, 0.1) is 10.0 Å². The molecule has 0 saturated heterocycles. The third-order valence-electron chi connectivity index (χ3n) is 3.81. The summed E-state index contributed by atoms with van der Waals surface area (Å²) in [7, 11) is 0. The highest BCUT2D eigenvalue weighted by molar-refractivity contribution is 9.10. The lowest BCUT2D eigenvalue weighted by molar-refractivity contribution is 0.442. The fourth-order valence-electron chi connectivity index (χ4n) is 2.75. The van der Waals surface area contributed by atoms with Gasteiger partial charge in [0.2, 0.25) is 0 Å². The van der Waals surface area contributed by atoms with E-state index in [4.69, 9.17) is 22.3 Å². The summed E-state index contributed by atoms with van der Waals surface area (Å²) in [6, 6.07) is 5.79. The van der Waals surface area contributed by atoms with E-state index in [9.17, 15) is 0 Å². The number of nitrogen functional groups attached to an aromatic ring is 1. The van der Waals surface area contributed by atoms with Gasteiger partial charge in [0, 0.05) is 16.0 Å². The zero-order chi connectivity index (χ0) is 14.1. The first-order chi connectivity index (χ1) is 9.65. The summed E-state index contributed by atoms with van der Waals surface area (Å²) in [5.41, 5.74) is 7.93. The van der Waals surface area contributed by atoms with Crippen molar-refractivity contribution < 1.29 is 0 Å². The van der Waals surface area contributed by atoms with E-state index in [0.717, 1.165) is 20.7 Å². The molecule has 1 heterocycles. The number of benzene rings is 1. The van der Waals surface area contributed by atoms with Gasteiger partial charge in [-0.1, -0.05) is 46.8 Å². The second-order valence-corrected chi connectivity index (χ2v) is 7.61. The minimum Gasteiger partial charge on any atom is -0.389 e. The molecule has 0 aliphatic heterocycles. The normalized spacial score (nSPS) is 16.5. The van der Waals surface area contributed by atoms with E-state index in [-0.39, 0.29) is 0 Å². The zero-order valence-electron chi connectivity index (χ0n) is 11.0. The van der Waals surface area contributed by atoms with Crippen LogP contribution in [0.4, 0.5) is 5.00 Å². The van der Waals surface area contributed by atoms with E-state index in [0.29, 0.717) is 10.9 Å². The monoisotopic (exact) mass is 370 g/mol. The number of nitrogens with two attached hydrogens (primary N) is 1. The van der Waals surface area contributed by atoms with Gasteiger partial charge in [0.15, 0.2) is 0 Å². The Bertz CT molecular complexity index is 620. The Labute approximate surface area is 136 Å². The predicted octanol–water partition coefficient (Wildman–Crippen LogP) is 5.86. The summed E-state index contributed by atoms with van der Waals surface area (Å²) in [6.45, 7) is 0. The van der Waals surface area contributed by atoms with E-state index < -0.39 is 0 Å². The molecule has 1 aliphatic rings. The summed E-state index contributed by atoms with van der Waals surface area (Å²) in [5.74, 6) is 0.579. The first-order valence-electron chi connectivity index (χ1n) is 6.87. The molecule has 2 N–H and O–H groups in total. The molecule has 5 heteroatoms. The Hall–Kier alpha value is -0.580. The van der Waals surface area contributed by atoms with Crippen LogP contribution in [0.1, 0.15) is 43.0 Å². The van der Waals surface area contributed by atoms with Crippen molar-refractivity contribution in [3.8, 4) is 11.3 Å². The van der Waals surface area contributed by atoms with Gasteiger partial charge in [-0.25, -0.2) is 4.98 Å². The molecule has 1 fully saturated rings. The standard InChI is InChI=1S/C15H16BrClN2S/c16-10-6-7-12(17)11(8-10)13-14(18)20-15(19-13)9-4-2-1-3-5-9/h6-9H,1-5,18H2. The number of nitrogens with zero attached hydrogens (tertiary/aromatic N) is 1. The van der Waals surface area contributed by atoms with Crippen LogP contribution in [0.3, 0.4) is 0 Å². The molecule has 2 aromatic rings. The van der Waals surface area contributed by atoms with Crippen molar-refractivity contribution in [3.63, 3.8) is 0 Å². The van der Waals surface area contributed by atoms with Crippen LogP contribution < -0.4 is 5.73 Å². The van der Waals surface area contributed by atoms with Crippen LogP contribution in [0.25, 0.3) is 11.3 Å². The number of hydrogen-bond acceptors (Lipinski definition) is 3. The summed E-state index contributed by atoms with van der Waals surface area (Å²) in [6.07, 6.45) is 6.42. The first-order valence-corrected chi connectivity index (χ1v) is 8.85. The lowest BCUT2D eigenvalue weighted by Gasteiger charge is -2.18. The summed E-state index contributed by atoms with van der Waals surface area (Å²) in [5, 5.41) is 2.64. The van der Waals surface area contributed by atoms with Gasteiger partial charge < -0.3 is 5.73 Å². The molecule has 1 aliphatic carbocycles. The van der Waals surface area contributed by atoms with Crippen LogP contribution in [0.15, 0.2) is 22.7 Å². The summed E-state index contributed by atoms with van der Waals surface area (Å²) >= 11 is 11.4. The van der Waals surface area contributed by atoms with Crippen LogP contribution in [0.5, 0.6) is 0 Å². The molecule has 0 atom stereocenters. The van der Waals surface area contributed by atoms with Gasteiger partial charge in [0.25, 0.3) is 0 Å². The molecule has 0 radical (unpaired) electrons. The van der Waals surface area contributed by atoms with Crippen LogP contribution in [0, 0.1) is 0 Å². The topological polar surface area (TPSA) is 38.9 Å². The number of rotatable bonds is 2. The molecule has 1 saturated carbocycles. The number of hydrogen-bond donors (Lipinski definition) is 1. The molecule has 2 nitrogen and oxygen atoms in total. The third kappa shape index (κ3) is 2.87. The molecule has 106 valence electrons. The minimum absolute atomic E-state index is 0.579. The highest BCUT2D eigenvalue weighted by Crippen LogP contribution is 2.41. The van der Waals surface area contributed by atoms with Crippen LogP contribution in [-0.2, 0) is 0 Å². The predicted molar refractivity (Wildman–Crippen MR) is 90.5 cm³/mol. The number of anilines is 1. The average molecular weight is 372 g/mol. The quantitative estimate of drug-likeness (QED) is 0.718. The Morgan fingerprint density at radius 3 is 2.75 bits per heavy atom. The molecule has 1 aromatic heterocycles. The molecule has 0 bridgehead atoms. The van der Waals surface area contributed by atoms with Crippen molar-refractivity contribution in [1.82, 2.24) is 4.98 Å². The summed E-state index contributed by atoms with van der Waals surface area (Å²) < 4.78 is 0.989. The van der Waals surface area contributed by atoms with E-state index in [1.165, 1.54) is 37.1 Å². The van der Waals surface area contributed by atoms with Crippen molar-refractivity contribution in [2.45, 2.75) is 38.0 Å². The van der Waals surface area contributed by atoms with Crippen molar-refractivity contribution in [2.75, 3.05) is 5.73 Å².